The van der Waals surface area contributed by atoms with Gasteiger partial charge < -0.3 is 20.3 Å². The molecule has 0 rings (SSSR count). The van der Waals surface area contributed by atoms with Crippen molar-refractivity contribution in [3.05, 3.63) is 24.3 Å². The summed E-state index contributed by atoms with van der Waals surface area (Å²) in [6.45, 7) is 4.94. The van der Waals surface area contributed by atoms with Crippen LogP contribution in [0.4, 0.5) is 0 Å². The lowest BCUT2D eigenvalue weighted by Gasteiger charge is -2.20. The van der Waals surface area contributed by atoms with Gasteiger partial charge in [-0.25, -0.2) is 0 Å². The molecule has 0 aromatic rings. The van der Waals surface area contributed by atoms with Gasteiger partial charge >= 0.3 is 5.97 Å². The Hall–Kier alpha value is -1.66. The molecule has 0 aliphatic heterocycles. The zero-order valence-electron chi connectivity index (χ0n) is 54.3. The number of aliphatic hydroxyl groups is 2. The lowest BCUT2D eigenvalue weighted by molar-refractivity contribution is -0.143. The number of unbranched alkanes of at least 4 members (excludes halogenated alkanes) is 56. The van der Waals surface area contributed by atoms with Gasteiger partial charge in [0.15, 0.2) is 0 Å². The highest BCUT2D eigenvalue weighted by atomic mass is 16.5. The molecule has 80 heavy (non-hydrogen) atoms. The van der Waals surface area contributed by atoms with Crippen molar-refractivity contribution in [2.24, 2.45) is 0 Å². The molecule has 0 heterocycles. The molecule has 0 aliphatic carbocycles. The number of ether oxygens (including phenoxy) is 1. The van der Waals surface area contributed by atoms with E-state index in [0.29, 0.717) is 19.4 Å². The molecular weight excluding hydrogens is 983 g/mol. The van der Waals surface area contributed by atoms with Gasteiger partial charge in [-0.05, 0) is 57.8 Å². The molecule has 1 amide bonds. The highest BCUT2D eigenvalue weighted by molar-refractivity contribution is 5.76. The zero-order chi connectivity index (χ0) is 57.8. The summed E-state index contributed by atoms with van der Waals surface area (Å²) in [5, 5.41) is 23.3. The van der Waals surface area contributed by atoms with E-state index in [-0.39, 0.29) is 18.5 Å². The van der Waals surface area contributed by atoms with Gasteiger partial charge in [0.25, 0.3) is 0 Å². The number of allylic oxidation sites excluding steroid dienone is 3. The number of nitrogens with one attached hydrogen (secondary N) is 1. The van der Waals surface area contributed by atoms with Crippen LogP contribution in [0.5, 0.6) is 0 Å². The molecule has 2 atom stereocenters. The van der Waals surface area contributed by atoms with E-state index in [2.05, 4.69) is 31.3 Å². The smallest absolute Gasteiger partial charge is 0.305 e. The van der Waals surface area contributed by atoms with E-state index in [1.165, 1.54) is 340 Å². The molecule has 0 radical (unpaired) electrons. The Morgan fingerprint density at radius 1 is 0.338 bits per heavy atom. The lowest BCUT2D eigenvalue weighted by atomic mass is 10.0. The standard InChI is InChI=1S/C74H143NO5/c1-3-5-7-9-11-13-15-17-19-21-22-23-26-29-32-35-38-42-46-50-54-58-62-66-72(77)71(70-76)75-73(78)67-63-59-55-51-47-43-39-36-33-30-27-24-25-28-31-34-37-41-45-49-53-57-61-65-69-80-74(79)68-64-60-56-52-48-44-40-20-18-16-14-12-10-8-6-4-2/h20,40,62,66,71-72,76-77H,3-19,21-39,41-61,63-65,67-70H2,1-2H3,(H,75,78)/b40-20-,66-62+. The van der Waals surface area contributed by atoms with Crippen LogP contribution in [-0.2, 0) is 14.3 Å². The van der Waals surface area contributed by atoms with Crippen molar-refractivity contribution in [1.29, 1.82) is 0 Å². The fourth-order valence-electron chi connectivity index (χ4n) is 11.6. The van der Waals surface area contributed by atoms with E-state index in [1.54, 1.807) is 6.08 Å². The summed E-state index contributed by atoms with van der Waals surface area (Å²) in [4.78, 5) is 24.6. The Labute approximate surface area is 501 Å². The van der Waals surface area contributed by atoms with Crippen LogP contribution < -0.4 is 5.32 Å². The van der Waals surface area contributed by atoms with Gasteiger partial charge in [0.2, 0.25) is 5.91 Å². The first-order valence-electron chi connectivity index (χ1n) is 36.6. The minimum absolute atomic E-state index is 0.00857. The third kappa shape index (κ3) is 65.5. The monoisotopic (exact) mass is 1130 g/mol. The molecule has 0 aromatic heterocycles. The number of carbonyl (C=O) groups is 2. The average Bonchev–Trinajstić information content (AvgIpc) is 3.46. The maximum atomic E-state index is 12.5. The summed E-state index contributed by atoms with van der Waals surface area (Å²) in [6.07, 6.45) is 88.3. The van der Waals surface area contributed by atoms with Gasteiger partial charge in [-0.15, -0.1) is 0 Å². The van der Waals surface area contributed by atoms with Gasteiger partial charge in [0.05, 0.1) is 25.4 Å². The number of hydrogen-bond acceptors (Lipinski definition) is 5. The van der Waals surface area contributed by atoms with Gasteiger partial charge in [0, 0.05) is 12.8 Å². The van der Waals surface area contributed by atoms with Crippen LogP contribution in [0.3, 0.4) is 0 Å². The second-order valence-electron chi connectivity index (χ2n) is 25.3. The van der Waals surface area contributed by atoms with E-state index in [1.807, 2.05) is 6.08 Å². The van der Waals surface area contributed by atoms with Crippen LogP contribution >= 0.6 is 0 Å². The van der Waals surface area contributed by atoms with E-state index in [0.717, 1.165) is 44.9 Å². The summed E-state index contributed by atoms with van der Waals surface area (Å²) in [5.74, 6) is -0.0537. The number of aliphatic hydroxyl groups excluding tert-OH is 2. The summed E-state index contributed by atoms with van der Waals surface area (Å²) in [7, 11) is 0. The molecule has 0 aromatic carbocycles. The quantitative estimate of drug-likeness (QED) is 0.0320. The van der Waals surface area contributed by atoms with Crippen molar-refractivity contribution in [3.63, 3.8) is 0 Å². The van der Waals surface area contributed by atoms with Gasteiger partial charge in [-0.1, -0.05) is 366 Å². The van der Waals surface area contributed by atoms with E-state index in [4.69, 9.17) is 4.74 Å². The van der Waals surface area contributed by atoms with Crippen molar-refractivity contribution < 1.29 is 24.5 Å². The Bertz CT molecular complexity index is 1250. The molecule has 2 unspecified atom stereocenters. The third-order valence-corrected chi connectivity index (χ3v) is 17.2. The Morgan fingerprint density at radius 3 is 0.887 bits per heavy atom. The third-order valence-electron chi connectivity index (χ3n) is 17.2. The molecule has 0 saturated heterocycles. The van der Waals surface area contributed by atoms with Gasteiger partial charge in [0.1, 0.15) is 0 Å². The minimum atomic E-state index is -0.845. The Kier molecular flexibility index (Phi) is 68.4. The Balaban J connectivity index is 3.39. The van der Waals surface area contributed by atoms with Crippen molar-refractivity contribution in [3.8, 4) is 0 Å². The van der Waals surface area contributed by atoms with Gasteiger partial charge in [-0.2, -0.15) is 0 Å². The van der Waals surface area contributed by atoms with Gasteiger partial charge in [-0.3, -0.25) is 9.59 Å². The number of rotatable bonds is 69. The van der Waals surface area contributed by atoms with Crippen LogP contribution in [0.1, 0.15) is 412 Å². The minimum Gasteiger partial charge on any atom is -0.466 e. The summed E-state index contributed by atoms with van der Waals surface area (Å²) < 4.78 is 5.50. The number of carbonyl (C=O) groups excluding carboxylic acids is 2. The summed E-state index contributed by atoms with van der Waals surface area (Å²) in [5.41, 5.74) is 0. The summed E-state index contributed by atoms with van der Waals surface area (Å²) >= 11 is 0. The van der Waals surface area contributed by atoms with Crippen LogP contribution in [0, 0.1) is 0 Å². The second kappa shape index (κ2) is 69.8. The highest BCUT2D eigenvalue weighted by Gasteiger charge is 2.18. The maximum Gasteiger partial charge on any atom is 0.305 e. The van der Waals surface area contributed by atoms with E-state index >= 15 is 0 Å². The number of amides is 1. The van der Waals surface area contributed by atoms with Crippen LogP contribution in [0.15, 0.2) is 24.3 Å². The predicted molar refractivity (Wildman–Crippen MR) is 352 cm³/mol. The average molecular weight is 1130 g/mol. The zero-order valence-corrected chi connectivity index (χ0v) is 54.3. The molecular formula is C74H143NO5. The molecule has 3 N–H and O–H groups in total. The fourth-order valence-corrected chi connectivity index (χ4v) is 11.6. The summed E-state index contributed by atoms with van der Waals surface area (Å²) in [6, 6.07) is -0.628. The first kappa shape index (κ1) is 78.3. The fraction of sp³-hybridized carbons (Fsp3) is 0.919. The topological polar surface area (TPSA) is 95.9 Å². The second-order valence-corrected chi connectivity index (χ2v) is 25.3. The molecule has 0 saturated carbocycles. The Morgan fingerprint density at radius 2 is 0.588 bits per heavy atom. The molecule has 0 fully saturated rings. The number of esters is 1. The van der Waals surface area contributed by atoms with Crippen molar-refractivity contribution in [2.75, 3.05) is 13.2 Å². The molecule has 0 spiro atoms. The highest BCUT2D eigenvalue weighted by Crippen LogP contribution is 2.19. The normalized spacial score (nSPS) is 12.6. The van der Waals surface area contributed by atoms with Crippen molar-refractivity contribution in [2.45, 2.75) is 424 Å². The molecule has 0 aliphatic rings. The van der Waals surface area contributed by atoms with Crippen molar-refractivity contribution >= 4 is 11.9 Å². The van der Waals surface area contributed by atoms with Crippen LogP contribution in [0.2, 0.25) is 0 Å². The SMILES string of the molecule is CCCCCCCCC/C=C\CCCCCCCC(=O)OCCCCCCCCCCCCCCCCCCCCCCCCCCC(=O)NC(CO)C(O)/C=C/CCCCCCCCCCCCCCCCCCCCCCC. The lowest BCUT2D eigenvalue weighted by Crippen LogP contribution is -2.45. The molecule has 6 nitrogen and oxygen atoms in total. The largest absolute Gasteiger partial charge is 0.466 e. The van der Waals surface area contributed by atoms with Crippen LogP contribution in [0.25, 0.3) is 0 Å². The van der Waals surface area contributed by atoms with Crippen molar-refractivity contribution in [1.82, 2.24) is 5.32 Å². The molecule has 6 heteroatoms. The molecule has 0 bridgehead atoms. The maximum absolute atomic E-state index is 12.5. The number of hydrogen-bond donors (Lipinski definition) is 3. The molecule has 474 valence electrons. The van der Waals surface area contributed by atoms with E-state index < -0.39 is 12.1 Å². The van der Waals surface area contributed by atoms with Crippen LogP contribution in [-0.4, -0.2) is 47.4 Å². The predicted octanol–water partition coefficient (Wildman–Crippen LogP) is 23.7. The first-order chi connectivity index (χ1) is 39.5. The van der Waals surface area contributed by atoms with E-state index in [9.17, 15) is 19.8 Å². The first-order valence-corrected chi connectivity index (χ1v) is 36.6.